The van der Waals surface area contributed by atoms with E-state index in [-0.39, 0.29) is 11.5 Å². The van der Waals surface area contributed by atoms with Crippen LogP contribution in [-0.2, 0) is 10.0 Å². The van der Waals surface area contributed by atoms with Gasteiger partial charge in [-0.1, -0.05) is 6.92 Å². The fourth-order valence-electron chi connectivity index (χ4n) is 1.65. The maximum atomic E-state index is 12.4. The van der Waals surface area contributed by atoms with Gasteiger partial charge < -0.3 is 9.84 Å². The van der Waals surface area contributed by atoms with Gasteiger partial charge in [-0.15, -0.1) is 0 Å². The Kier molecular flexibility index (Phi) is 6.25. The van der Waals surface area contributed by atoms with Crippen molar-refractivity contribution in [2.24, 2.45) is 0 Å². The van der Waals surface area contributed by atoms with E-state index in [0.717, 1.165) is 0 Å². The normalized spacial score (nSPS) is 11.8. The number of aliphatic hydroxyl groups excluding tert-OH is 1. The van der Waals surface area contributed by atoms with Crippen LogP contribution in [0, 0.1) is 0 Å². The van der Waals surface area contributed by atoms with E-state index in [1.165, 1.54) is 23.5 Å². The van der Waals surface area contributed by atoms with Gasteiger partial charge in [0.25, 0.3) is 0 Å². The number of halogens is 1. The molecule has 0 saturated carbocycles. The van der Waals surface area contributed by atoms with Gasteiger partial charge in [0.1, 0.15) is 5.75 Å². The van der Waals surface area contributed by atoms with Crippen LogP contribution >= 0.6 is 15.9 Å². The number of sulfonamides is 1. The molecule has 1 aromatic carbocycles. The molecule has 1 aromatic rings. The first-order valence-corrected chi connectivity index (χ1v) is 8.15. The van der Waals surface area contributed by atoms with Gasteiger partial charge >= 0.3 is 0 Å². The molecule has 19 heavy (non-hydrogen) atoms. The van der Waals surface area contributed by atoms with Crippen LogP contribution in [0.3, 0.4) is 0 Å². The smallest absolute Gasteiger partial charge is 0.243 e. The first kappa shape index (κ1) is 16.4. The van der Waals surface area contributed by atoms with Crippen LogP contribution < -0.4 is 4.74 Å². The van der Waals surface area contributed by atoms with Crippen molar-refractivity contribution in [3.8, 4) is 5.75 Å². The lowest BCUT2D eigenvalue weighted by atomic mass is 10.3. The second-order valence-corrected chi connectivity index (χ2v) is 6.66. The van der Waals surface area contributed by atoms with E-state index in [0.29, 0.717) is 29.7 Å². The van der Waals surface area contributed by atoms with E-state index in [1.807, 2.05) is 0 Å². The van der Waals surface area contributed by atoms with Crippen LogP contribution in [0.5, 0.6) is 5.75 Å². The molecule has 0 bridgehead atoms. The van der Waals surface area contributed by atoms with Gasteiger partial charge in [-0.05, 0) is 40.5 Å². The third-order valence-corrected chi connectivity index (χ3v) is 5.27. The van der Waals surface area contributed by atoms with Gasteiger partial charge in [-0.2, -0.15) is 4.31 Å². The Morgan fingerprint density at radius 2 is 2.11 bits per heavy atom. The standard InChI is InChI=1S/C12H18BrNO4S/c1-3-14(7-4-8-15)19(16,17)10-5-6-12(18-2)11(13)9-10/h5-6,9,15H,3-4,7-8H2,1-2H3. The summed E-state index contributed by atoms with van der Waals surface area (Å²) in [7, 11) is -2.01. The summed E-state index contributed by atoms with van der Waals surface area (Å²) in [5.74, 6) is 0.581. The summed E-state index contributed by atoms with van der Waals surface area (Å²) in [6.45, 7) is 2.41. The molecule has 7 heteroatoms. The third kappa shape index (κ3) is 3.92. The summed E-state index contributed by atoms with van der Waals surface area (Å²) in [6, 6.07) is 4.65. The Morgan fingerprint density at radius 1 is 1.42 bits per heavy atom. The molecule has 0 heterocycles. The van der Waals surface area contributed by atoms with E-state index in [9.17, 15) is 8.42 Å². The number of aliphatic hydroxyl groups is 1. The highest BCUT2D eigenvalue weighted by atomic mass is 79.9. The average Bonchev–Trinajstić information content (AvgIpc) is 2.39. The van der Waals surface area contributed by atoms with Crippen molar-refractivity contribution in [1.29, 1.82) is 0 Å². The van der Waals surface area contributed by atoms with Gasteiger partial charge in [0.05, 0.1) is 16.5 Å². The molecule has 0 aliphatic carbocycles. The predicted molar refractivity (Wildman–Crippen MR) is 76.8 cm³/mol. The number of rotatable bonds is 7. The lowest BCUT2D eigenvalue weighted by Crippen LogP contribution is -2.32. The van der Waals surface area contributed by atoms with Crippen molar-refractivity contribution in [3.05, 3.63) is 22.7 Å². The van der Waals surface area contributed by atoms with Crippen molar-refractivity contribution in [1.82, 2.24) is 4.31 Å². The Balaban J connectivity index is 3.07. The highest BCUT2D eigenvalue weighted by Crippen LogP contribution is 2.28. The quantitative estimate of drug-likeness (QED) is 0.813. The minimum atomic E-state index is -3.53. The average molecular weight is 352 g/mol. The Morgan fingerprint density at radius 3 is 2.58 bits per heavy atom. The lowest BCUT2D eigenvalue weighted by molar-refractivity contribution is 0.271. The minimum Gasteiger partial charge on any atom is -0.496 e. The van der Waals surface area contributed by atoms with E-state index in [4.69, 9.17) is 9.84 Å². The van der Waals surface area contributed by atoms with Crippen molar-refractivity contribution in [2.75, 3.05) is 26.8 Å². The summed E-state index contributed by atoms with van der Waals surface area (Å²) in [6.07, 6.45) is 0.421. The zero-order chi connectivity index (χ0) is 14.5. The SMILES string of the molecule is CCN(CCCO)S(=O)(=O)c1ccc(OC)c(Br)c1. The Hall–Kier alpha value is -0.630. The predicted octanol–water partition coefficient (Wildman–Crippen LogP) is 1.85. The first-order valence-electron chi connectivity index (χ1n) is 5.92. The maximum Gasteiger partial charge on any atom is 0.243 e. The summed E-state index contributed by atoms with van der Waals surface area (Å²) in [4.78, 5) is 0.208. The molecule has 0 saturated heterocycles. The number of hydrogen-bond acceptors (Lipinski definition) is 4. The summed E-state index contributed by atoms with van der Waals surface area (Å²) < 4.78 is 31.8. The topological polar surface area (TPSA) is 66.8 Å². The summed E-state index contributed by atoms with van der Waals surface area (Å²) in [5, 5.41) is 8.81. The number of benzene rings is 1. The third-order valence-electron chi connectivity index (χ3n) is 2.68. The van der Waals surface area contributed by atoms with Crippen molar-refractivity contribution in [2.45, 2.75) is 18.2 Å². The zero-order valence-electron chi connectivity index (χ0n) is 11.0. The molecular weight excluding hydrogens is 334 g/mol. The summed E-state index contributed by atoms with van der Waals surface area (Å²) >= 11 is 3.28. The molecule has 5 nitrogen and oxygen atoms in total. The van der Waals surface area contributed by atoms with Crippen LogP contribution in [0.4, 0.5) is 0 Å². The van der Waals surface area contributed by atoms with E-state index < -0.39 is 10.0 Å². The molecular formula is C12H18BrNO4S. The van der Waals surface area contributed by atoms with Crippen molar-refractivity contribution >= 4 is 26.0 Å². The van der Waals surface area contributed by atoms with Crippen LogP contribution in [0.25, 0.3) is 0 Å². The molecule has 0 aliphatic rings. The molecule has 0 amide bonds. The van der Waals surface area contributed by atoms with Gasteiger partial charge in [-0.25, -0.2) is 8.42 Å². The van der Waals surface area contributed by atoms with Gasteiger partial charge in [0, 0.05) is 19.7 Å². The van der Waals surface area contributed by atoms with Crippen molar-refractivity contribution < 1.29 is 18.3 Å². The highest BCUT2D eigenvalue weighted by molar-refractivity contribution is 9.10. The molecule has 0 atom stereocenters. The number of methoxy groups -OCH3 is 1. The van der Waals surface area contributed by atoms with Gasteiger partial charge in [0.15, 0.2) is 0 Å². The first-order chi connectivity index (χ1) is 8.97. The van der Waals surface area contributed by atoms with Crippen LogP contribution in [0.2, 0.25) is 0 Å². The summed E-state index contributed by atoms with van der Waals surface area (Å²) in [5.41, 5.74) is 0. The molecule has 0 fully saturated rings. The zero-order valence-corrected chi connectivity index (χ0v) is 13.4. The largest absolute Gasteiger partial charge is 0.496 e. The van der Waals surface area contributed by atoms with E-state index in [1.54, 1.807) is 13.0 Å². The van der Waals surface area contributed by atoms with Crippen LogP contribution in [0.15, 0.2) is 27.6 Å². The Labute approximate surface area is 122 Å². The minimum absolute atomic E-state index is 0.0294. The van der Waals surface area contributed by atoms with E-state index in [2.05, 4.69) is 15.9 Å². The van der Waals surface area contributed by atoms with Gasteiger partial charge in [0.2, 0.25) is 10.0 Å². The van der Waals surface area contributed by atoms with Gasteiger partial charge in [-0.3, -0.25) is 0 Å². The fourth-order valence-corrected chi connectivity index (χ4v) is 3.86. The molecule has 0 aromatic heterocycles. The van der Waals surface area contributed by atoms with Crippen LogP contribution in [-0.4, -0.2) is 44.6 Å². The number of ether oxygens (including phenoxy) is 1. The molecule has 108 valence electrons. The Bertz CT molecular complexity index is 518. The monoisotopic (exact) mass is 351 g/mol. The second-order valence-electron chi connectivity index (χ2n) is 3.87. The molecule has 1 rings (SSSR count). The highest BCUT2D eigenvalue weighted by Gasteiger charge is 2.23. The lowest BCUT2D eigenvalue weighted by Gasteiger charge is -2.20. The molecule has 0 spiro atoms. The fraction of sp³-hybridized carbons (Fsp3) is 0.500. The molecule has 0 aliphatic heterocycles. The van der Waals surface area contributed by atoms with E-state index >= 15 is 0 Å². The molecule has 0 unspecified atom stereocenters. The molecule has 1 N–H and O–H groups in total. The van der Waals surface area contributed by atoms with Crippen LogP contribution in [0.1, 0.15) is 13.3 Å². The second kappa shape index (κ2) is 7.23. The number of nitrogens with zero attached hydrogens (tertiary/aromatic N) is 1. The number of hydrogen-bond donors (Lipinski definition) is 1. The maximum absolute atomic E-state index is 12.4. The van der Waals surface area contributed by atoms with Crippen molar-refractivity contribution in [3.63, 3.8) is 0 Å². The molecule has 0 radical (unpaired) electrons.